The van der Waals surface area contributed by atoms with Crippen LogP contribution in [0.5, 0.6) is 0 Å². The minimum atomic E-state index is 0.370. The molecule has 2 nitrogen and oxygen atoms in total. The first-order valence-electron chi connectivity index (χ1n) is 7.04. The van der Waals surface area contributed by atoms with Crippen LogP contribution in [0.15, 0.2) is 0 Å². The molecule has 1 aliphatic heterocycles. The van der Waals surface area contributed by atoms with Crippen molar-refractivity contribution >= 4 is 5.78 Å². The predicted molar refractivity (Wildman–Crippen MR) is 66.4 cm³/mol. The summed E-state index contributed by atoms with van der Waals surface area (Å²) in [6.07, 6.45) is 8.42. The molecule has 2 heteroatoms. The van der Waals surface area contributed by atoms with Gasteiger partial charge in [-0.05, 0) is 38.1 Å². The van der Waals surface area contributed by atoms with Gasteiger partial charge < -0.3 is 4.90 Å². The number of likely N-dealkylation sites (tertiary alicyclic amines) is 1. The normalized spacial score (nSPS) is 32.2. The Hall–Kier alpha value is -0.370. The summed E-state index contributed by atoms with van der Waals surface area (Å²) in [6.45, 7) is 5.80. The number of ketones is 1. The maximum absolute atomic E-state index is 11.8. The molecule has 2 rings (SSSR count). The number of carbonyl (C=O) groups excluding carboxylic acids is 1. The quantitative estimate of drug-likeness (QED) is 0.730. The summed E-state index contributed by atoms with van der Waals surface area (Å²) < 4.78 is 0. The Kier molecular flexibility index (Phi) is 4.39. The minimum absolute atomic E-state index is 0.370. The SMILES string of the molecule is CCCC1CCN(CC2CCCCC2=O)C1. The van der Waals surface area contributed by atoms with Gasteiger partial charge >= 0.3 is 0 Å². The number of rotatable bonds is 4. The molecule has 2 unspecified atom stereocenters. The maximum Gasteiger partial charge on any atom is 0.137 e. The summed E-state index contributed by atoms with van der Waals surface area (Å²) in [6, 6.07) is 0. The van der Waals surface area contributed by atoms with Gasteiger partial charge in [0.05, 0.1) is 0 Å². The van der Waals surface area contributed by atoms with Crippen molar-refractivity contribution in [1.29, 1.82) is 0 Å². The summed E-state index contributed by atoms with van der Waals surface area (Å²) in [4.78, 5) is 14.3. The Morgan fingerprint density at radius 2 is 2.19 bits per heavy atom. The first-order chi connectivity index (χ1) is 7.79. The minimum Gasteiger partial charge on any atom is -0.302 e. The van der Waals surface area contributed by atoms with E-state index in [2.05, 4.69) is 11.8 Å². The summed E-state index contributed by atoms with van der Waals surface area (Å²) in [7, 11) is 0. The summed E-state index contributed by atoms with van der Waals surface area (Å²) in [5.74, 6) is 1.81. The highest BCUT2D eigenvalue weighted by Gasteiger charge is 2.28. The number of Topliss-reactive ketones (excluding diaryl/α,β-unsaturated/α-hetero) is 1. The average Bonchev–Trinajstić information content (AvgIpc) is 2.70. The lowest BCUT2D eigenvalue weighted by atomic mass is 9.87. The third-order valence-corrected chi connectivity index (χ3v) is 4.23. The van der Waals surface area contributed by atoms with Crippen molar-refractivity contribution in [2.45, 2.75) is 51.9 Å². The Morgan fingerprint density at radius 3 is 2.94 bits per heavy atom. The molecule has 1 saturated carbocycles. The zero-order chi connectivity index (χ0) is 11.4. The van der Waals surface area contributed by atoms with Crippen molar-refractivity contribution < 1.29 is 4.79 Å². The Balaban J connectivity index is 1.75. The van der Waals surface area contributed by atoms with Gasteiger partial charge in [0, 0.05) is 25.4 Å². The van der Waals surface area contributed by atoms with E-state index in [-0.39, 0.29) is 0 Å². The monoisotopic (exact) mass is 223 g/mol. The molecule has 0 aromatic rings. The second-order valence-corrected chi connectivity index (χ2v) is 5.61. The fraction of sp³-hybridized carbons (Fsp3) is 0.929. The van der Waals surface area contributed by atoms with Gasteiger partial charge in [0.2, 0.25) is 0 Å². The van der Waals surface area contributed by atoms with E-state index in [1.54, 1.807) is 0 Å². The zero-order valence-corrected chi connectivity index (χ0v) is 10.6. The molecule has 92 valence electrons. The Morgan fingerprint density at radius 1 is 1.31 bits per heavy atom. The maximum atomic E-state index is 11.8. The second kappa shape index (κ2) is 5.81. The van der Waals surface area contributed by atoms with Crippen LogP contribution in [0.2, 0.25) is 0 Å². The molecule has 1 aliphatic carbocycles. The lowest BCUT2D eigenvalue weighted by Gasteiger charge is -2.25. The molecular formula is C14H25NO. The number of hydrogen-bond acceptors (Lipinski definition) is 2. The van der Waals surface area contributed by atoms with Crippen molar-refractivity contribution in [1.82, 2.24) is 4.90 Å². The Labute approximate surface area is 99.4 Å². The molecule has 0 bridgehead atoms. The van der Waals surface area contributed by atoms with Gasteiger partial charge in [-0.1, -0.05) is 19.8 Å². The van der Waals surface area contributed by atoms with E-state index in [4.69, 9.17) is 0 Å². The lowest BCUT2D eigenvalue weighted by Crippen LogP contribution is -2.33. The molecule has 16 heavy (non-hydrogen) atoms. The van der Waals surface area contributed by atoms with E-state index in [0.717, 1.165) is 31.7 Å². The van der Waals surface area contributed by atoms with Crippen LogP contribution in [0.3, 0.4) is 0 Å². The van der Waals surface area contributed by atoms with Gasteiger partial charge in [0.15, 0.2) is 0 Å². The number of carbonyl (C=O) groups is 1. The van der Waals surface area contributed by atoms with Crippen molar-refractivity contribution in [3.8, 4) is 0 Å². The molecular weight excluding hydrogens is 198 g/mol. The average molecular weight is 223 g/mol. The van der Waals surface area contributed by atoms with Crippen molar-refractivity contribution in [3.05, 3.63) is 0 Å². The standard InChI is InChI=1S/C14H25NO/c1-2-5-12-8-9-15(10-12)11-13-6-3-4-7-14(13)16/h12-13H,2-11H2,1H3. The molecule has 0 aromatic carbocycles. The summed E-state index contributed by atoms with van der Waals surface area (Å²) >= 11 is 0. The number of hydrogen-bond donors (Lipinski definition) is 0. The van der Waals surface area contributed by atoms with Crippen LogP contribution in [-0.2, 0) is 4.79 Å². The van der Waals surface area contributed by atoms with Crippen LogP contribution in [0.4, 0.5) is 0 Å². The van der Waals surface area contributed by atoms with E-state index in [0.29, 0.717) is 11.7 Å². The first-order valence-corrected chi connectivity index (χ1v) is 7.04. The van der Waals surface area contributed by atoms with E-state index in [1.165, 1.54) is 38.8 Å². The highest BCUT2D eigenvalue weighted by atomic mass is 16.1. The molecule has 0 amide bonds. The molecule has 0 radical (unpaired) electrons. The van der Waals surface area contributed by atoms with Crippen LogP contribution in [0.1, 0.15) is 51.9 Å². The van der Waals surface area contributed by atoms with Gasteiger partial charge in [0.25, 0.3) is 0 Å². The predicted octanol–water partition coefficient (Wildman–Crippen LogP) is 2.87. The molecule has 0 spiro atoms. The lowest BCUT2D eigenvalue weighted by molar-refractivity contribution is -0.125. The zero-order valence-electron chi connectivity index (χ0n) is 10.6. The largest absolute Gasteiger partial charge is 0.302 e. The first kappa shape index (κ1) is 12.1. The van der Waals surface area contributed by atoms with Gasteiger partial charge in [-0.15, -0.1) is 0 Å². The molecule has 2 aliphatic rings. The van der Waals surface area contributed by atoms with Crippen LogP contribution >= 0.6 is 0 Å². The molecule has 1 heterocycles. The highest BCUT2D eigenvalue weighted by Crippen LogP contribution is 2.26. The van der Waals surface area contributed by atoms with Crippen LogP contribution in [-0.4, -0.2) is 30.3 Å². The Bertz CT molecular complexity index is 239. The van der Waals surface area contributed by atoms with Gasteiger partial charge in [-0.25, -0.2) is 0 Å². The fourth-order valence-corrected chi connectivity index (χ4v) is 3.28. The van der Waals surface area contributed by atoms with E-state index in [1.807, 2.05) is 0 Å². The third-order valence-electron chi connectivity index (χ3n) is 4.23. The topological polar surface area (TPSA) is 20.3 Å². The van der Waals surface area contributed by atoms with Crippen LogP contribution < -0.4 is 0 Å². The van der Waals surface area contributed by atoms with Crippen molar-refractivity contribution in [3.63, 3.8) is 0 Å². The summed E-state index contributed by atoms with van der Waals surface area (Å²) in [5.41, 5.74) is 0. The van der Waals surface area contributed by atoms with Gasteiger partial charge in [-0.2, -0.15) is 0 Å². The smallest absolute Gasteiger partial charge is 0.137 e. The van der Waals surface area contributed by atoms with Crippen LogP contribution in [0.25, 0.3) is 0 Å². The third kappa shape index (κ3) is 3.07. The van der Waals surface area contributed by atoms with Crippen molar-refractivity contribution in [2.24, 2.45) is 11.8 Å². The molecule has 1 saturated heterocycles. The van der Waals surface area contributed by atoms with E-state index >= 15 is 0 Å². The second-order valence-electron chi connectivity index (χ2n) is 5.61. The van der Waals surface area contributed by atoms with E-state index in [9.17, 15) is 4.79 Å². The summed E-state index contributed by atoms with van der Waals surface area (Å²) in [5, 5.41) is 0. The van der Waals surface area contributed by atoms with Crippen LogP contribution in [0, 0.1) is 11.8 Å². The number of nitrogens with zero attached hydrogens (tertiary/aromatic N) is 1. The fourth-order valence-electron chi connectivity index (χ4n) is 3.28. The van der Waals surface area contributed by atoms with Gasteiger partial charge in [0.1, 0.15) is 5.78 Å². The van der Waals surface area contributed by atoms with Gasteiger partial charge in [-0.3, -0.25) is 4.79 Å². The highest BCUT2D eigenvalue weighted by molar-refractivity contribution is 5.81. The molecule has 0 N–H and O–H groups in total. The molecule has 2 atom stereocenters. The molecule has 2 fully saturated rings. The molecule has 0 aromatic heterocycles. The van der Waals surface area contributed by atoms with Crippen molar-refractivity contribution in [2.75, 3.05) is 19.6 Å². The van der Waals surface area contributed by atoms with E-state index < -0.39 is 0 Å².